The molecule has 6 heteroatoms. The molecule has 182 valence electrons. The van der Waals surface area contributed by atoms with Crippen molar-refractivity contribution in [2.75, 3.05) is 19.5 Å². The summed E-state index contributed by atoms with van der Waals surface area (Å²) in [4.78, 5) is 29.0. The predicted octanol–water partition coefficient (Wildman–Crippen LogP) is 5.45. The van der Waals surface area contributed by atoms with E-state index >= 15 is 0 Å². The summed E-state index contributed by atoms with van der Waals surface area (Å²) in [6, 6.07) is 23.7. The third-order valence-corrected chi connectivity index (χ3v) is 6.58. The van der Waals surface area contributed by atoms with Gasteiger partial charge in [0.2, 0.25) is 0 Å². The largest absolute Gasteiger partial charge is 0.497 e. The maximum atomic E-state index is 14.4. The number of aryl methyl sites for hydroxylation is 1. The number of esters is 1. The summed E-state index contributed by atoms with van der Waals surface area (Å²) in [5.74, 6) is 0.140. The lowest BCUT2D eigenvalue weighted by Gasteiger charge is -2.42. The van der Waals surface area contributed by atoms with Gasteiger partial charge >= 0.3 is 5.97 Å². The molecule has 6 nitrogen and oxygen atoms in total. The SMILES string of the molecule is COC(=O)C1CCCC(c2ccccc2)N1C(=O)C(Nc1cccc(OC)c1)c1ccc(C)cc1. The summed E-state index contributed by atoms with van der Waals surface area (Å²) in [6.07, 6.45) is 2.19. The van der Waals surface area contributed by atoms with E-state index in [1.807, 2.05) is 85.8 Å². The summed E-state index contributed by atoms with van der Waals surface area (Å²) >= 11 is 0. The van der Waals surface area contributed by atoms with Gasteiger partial charge < -0.3 is 19.7 Å². The van der Waals surface area contributed by atoms with Crippen LogP contribution >= 0.6 is 0 Å². The Kier molecular flexibility index (Phi) is 7.70. The van der Waals surface area contributed by atoms with Gasteiger partial charge in [0, 0.05) is 11.8 Å². The van der Waals surface area contributed by atoms with Crippen molar-refractivity contribution in [3.05, 3.63) is 95.6 Å². The van der Waals surface area contributed by atoms with Gasteiger partial charge in [0.05, 0.1) is 20.3 Å². The number of benzene rings is 3. The standard InChI is InChI=1S/C29H32N2O4/c1-20-15-17-22(18-16-20)27(30-23-11-7-12-24(19-23)34-2)28(32)31-25(21-9-5-4-6-10-21)13-8-14-26(31)29(33)35-3/h4-7,9-12,15-19,25-27,30H,8,13-14H2,1-3H3. The number of anilines is 1. The van der Waals surface area contributed by atoms with Gasteiger partial charge in [-0.2, -0.15) is 0 Å². The van der Waals surface area contributed by atoms with Crippen LogP contribution in [0.5, 0.6) is 5.75 Å². The Labute approximate surface area is 206 Å². The van der Waals surface area contributed by atoms with Crippen molar-refractivity contribution in [2.24, 2.45) is 0 Å². The molecule has 0 bridgehead atoms. The van der Waals surface area contributed by atoms with Crippen molar-refractivity contribution in [3.63, 3.8) is 0 Å². The highest BCUT2D eigenvalue weighted by atomic mass is 16.5. The first-order chi connectivity index (χ1) is 17.0. The number of ether oxygens (including phenoxy) is 2. The minimum atomic E-state index is -0.695. The highest BCUT2D eigenvalue weighted by molar-refractivity contribution is 5.91. The van der Waals surface area contributed by atoms with Crippen LogP contribution in [-0.2, 0) is 14.3 Å². The highest BCUT2D eigenvalue weighted by Gasteiger charge is 2.42. The topological polar surface area (TPSA) is 67.9 Å². The first-order valence-corrected chi connectivity index (χ1v) is 11.9. The van der Waals surface area contributed by atoms with E-state index in [2.05, 4.69) is 5.32 Å². The molecular weight excluding hydrogens is 440 g/mol. The molecule has 3 unspecified atom stereocenters. The smallest absolute Gasteiger partial charge is 0.328 e. The summed E-state index contributed by atoms with van der Waals surface area (Å²) < 4.78 is 10.5. The summed E-state index contributed by atoms with van der Waals surface area (Å²) in [7, 11) is 2.99. The van der Waals surface area contributed by atoms with Crippen LogP contribution in [-0.4, -0.2) is 37.0 Å². The summed E-state index contributed by atoms with van der Waals surface area (Å²) in [5.41, 5.74) is 3.70. The van der Waals surface area contributed by atoms with Gasteiger partial charge in [0.15, 0.2) is 0 Å². The fourth-order valence-electron chi connectivity index (χ4n) is 4.75. The van der Waals surface area contributed by atoms with Gasteiger partial charge in [0.1, 0.15) is 17.8 Å². The molecule has 1 aliphatic heterocycles. The van der Waals surface area contributed by atoms with E-state index in [1.54, 1.807) is 12.0 Å². The van der Waals surface area contributed by atoms with E-state index in [0.29, 0.717) is 12.2 Å². The van der Waals surface area contributed by atoms with Crippen molar-refractivity contribution >= 4 is 17.6 Å². The van der Waals surface area contributed by atoms with E-state index in [4.69, 9.17) is 9.47 Å². The van der Waals surface area contributed by atoms with Crippen molar-refractivity contribution in [1.82, 2.24) is 4.90 Å². The van der Waals surface area contributed by atoms with Crippen LogP contribution in [0, 0.1) is 6.92 Å². The molecule has 1 saturated heterocycles. The number of hydrogen-bond donors (Lipinski definition) is 1. The Morgan fingerprint density at radius 1 is 0.943 bits per heavy atom. The van der Waals surface area contributed by atoms with Crippen LogP contribution in [0.25, 0.3) is 0 Å². The molecule has 1 amide bonds. The van der Waals surface area contributed by atoms with Gasteiger partial charge in [-0.3, -0.25) is 4.79 Å². The number of nitrogens with one attached hydrogen (secondary N) is 1. The molecule has 0 aromatic heterocycles. The van der Waals surface area contributed by atoms with Crippen LogP contribution in [0.1, 0.15) is 48.0 Å². The minimum absolute atomic E-state index is 0.166. The van der Waals surface area contributed by atoms with Gasteiger partial charge in [-0.1, -0.05) is 66.2 Å². The lowest BCUT2D eigenvalue weighted by Crippen LogP contribution is -2.52. The average Bonchev–Trinajstić information content (AvgIpc) is 2.91. The minimum Gasteiger partial charge on any atom is -0.497 e. The van der Waals surface area contributed by atoms with Crippen molar-refractivity contribution in [1.29, 1.82) is 0 Å². The lowest BCUT2D eigenvalue weighted by molar-refractivity contribution is -0.158. The zero-order chi connectivity index (χ0) is 24.8. The summed E-state index contributed by atoms with van der Waals surface area (Å²) in [6.45, 7) is 2.01. The molecular formula is C29H32N2O4. The molecule has 35 heavy (non-hydrogen) atoms. The number of carbonyl (C=O) groups excluding carboxylic acids is 2. The van der Waals surface area contributed by atoms with Gasteiger partial charge in [-0.15, -0.1) is 0 Å². The molecule has 0 spiro atoms. The van der Waals surface area contributed by atoms with E-state index in [0.717, 1.165) is 35.2 Å². The maximum Gasteiger partial charge on any atom is 0.328 e. The van der Waals surface area contributed by atoms with Crippen LogP contribution < -0.4 is 10.1 Å². The highest BCUT2D eigenvalue weighted by Crippen LogP contribution is 2.38. The van der Waals surface area contributed by atoms with Gasteiger partial charge in [0.25, 0.3) is 5.91 Å². The van der Waals surface area contributed by atoms with Gasteiger partial charge in [-0.25, -0.2) is 4.79 Å². The number of likely N-dealkylation sites (tertiary alicyclic amines) is 1. The number of nitrogens with zero attached hydrogens (tertiary/aromatic N) is 1. The summed E-state index contributed by atoms with van der Waals surface area (Å²) in [5, 5.41) is 3.41. The molecule has 4 rings (SSSR count). The lowest BCUT2D eigenvalue weighted by atomic mass is 9.89. The third kappa shape index (κ3) is 5.48. The average molecular weight is 473 g/mol. The zero-order valence-corrected chi connectivity index (χ0v) is 20.4. The quantitative estimate of drug-likeness (QED) is 0.463. The molecule has 0 radical (unpaired) electrons. The Bertz CT molecular complexity index is 1150. The molecule has 1 aliphatic rings. The molecule has 3 aromatic carbocycles. The number of methoxy groups -OCH3 is 2. The maximum absolute atomic E-state index is 14.4. The van der Waals surface area contributed by atoms with Crippen molar-refractivity contribution < 1.29 is 19.1 Å². The van der Waals surface area contributed by atoms with Crippen molar-refractivity contribution in [2.45, 2.75) is 44.3 Å². The molecule has 3 atom stereocenters. The zero-order valence-electron chi connectivity index (χ0n) is 20.4. The van der Waals surface area contributed by atoms with Crippen LogP contribution in [0.15, 0.2) is 78.9 Å². The van der Waals surface area contributed by atoms with Crippen LogP contribution in [0.2, 0.25) is 0 Å². The second-order valence-electron chi connectivity index (χ2n) is 8.86. The van der Waals surface area contributed by atoms with E-state index in [-0.39, 0.29) is 17.9 Å². The molecule has 0 aliphatic carbocycles. The van der Waals surface area contributed by atoms with E-state index in [1.165, 1.54) is 7.11 Å². The first kappa shape index (κ1) is 24.3. The third-order valence-electron chi connectivity index (χ3n) is 6.58. The number of amides is 1. The first-order valence-electron chi connectivity index (χ1n) is 11.9. The van der Waals surface area contributed by atoms with Crippen LogP contribution in [0.3, 0.4) is 0 Å². The number of carbonyl (C=O) groups is 2. The van der Waals surface area contributed by atoms with Gasteiger partial charge in [-0.05, 0) is 49.4 Å². The van der Waals surface area contributed by atoms with E-state index < -0.39 is 12.1 Å². The number of piperidine rings is 1. The molecule has 1 fully saturated rings. The molecule has 0 saturated carbocycles. The van der Waals surface area contributed by atoms with Crippen molar-refractivity contribution in [3.8, 4) is 5.75 Å². The Morgan fingerprint density at radius 2 is 1.69 bits per heavy atom. The molecule has 1 N–H and O–H groups in total. The number of rotatable bonds is 7. The molecule has 3 aromatic rings. The second-order valence-corrected chi connectivity index (χ2v) is 8.86. The predicted molar refractivity (Wildman–Crippen MR) is 136 cm³/mol. The fraction of sp³-hybridized carbons (Fsp3) is 0.310. The monoisotopic (exact) mass is 472 g/mol. The second kappa shape index (κ2) is 11.1. The van der Waals surface area contributed by atoms with E-state index in [9.17, 15) is 9.59 Å². The molecule has 1 heterocycles. The number of hydrogen-bond acceptors (Lipinski definition) is 5. The normalized spacial score (nSPS) is 18.4. The fourth-order valence-corrected chi connectivity index (χ4v) is 4.75. The van der Waals surface area contributed by atoms with Crippen LogP contribution in [0.4, 0.5) is 5.69 Å². The Hall–Kier alpha value is -3.80. The Morgan fingerprint density at radius 3 is 2.37 bits per heavy atom. The Balaban J connectivity index is 1.77.